The SMILES string of the molecule is COc1cccc(C(O)C(=O)NC2CCN(C3CC3)CC2)c1. The largest absolute Gasteiger partial charge is 0.497 e. The first-order chi connectivity index (χ1) is 10.7. The number of hydrogen-bond acceptors (Lipinski definition) is 4. The zero-order valence-corrected chi connectivity index (χ0v) is 13.0. The summed E-state index contributed by atoms with van der Waals surface area (Å²) in [6, 6.07) is 7.96. The van der Waals surface area contributed by atoms with Crippen molar-refractivity contribution in [3.05, 3.63) is 29.8 Å². The van der Waals surface area contributed by atoms with Gasteiger partial charge in [0, 0.05) is 25.2 Å². The number of amides is 1. The molecule has 0 aromatic heterocycles. The summed E-state index contributed by atoms with van der Waals surface area (Å²) >= 11 is 0. The zero-order chi connectivity index (χ0) is 15.5. The van der Waals surface area contributed by atoms with Crippen LogP contribution >= 0.6 is 0 Å². The third-order valence-corrected chi connectivity index (χ3v) is 4.60. The Bertz CT molecular complexity index is 522. The Labute approximate surface area is 131 Å². The molecule has 1 aliphatic heterocycles. The molecule has 3 rings (SSSR count). The van der Waals surface area contributed by atoms with Crippen molar-refractivity contribution in [2.45, 2.75) is 43.9 Å². The molecule has 1 aliphatic carbocycles. The first-order valence-corrected chi connectivity index (χ1v) is 8.04. The second-order valence-electron chi connectivity index (χ2n) is 6.23. The Kier molecular flexibility index (Phi) is 4.64. The highest BCUT2D eigenvalue weighted by Gasteiger charge is 2.32. The highest BCUT2D eigenvalue weighted by atomic mass is 16.5. The fraction of sp³-hybridized carbons (Fsp3) is 0.588. The van der Waals surface area contributed by atoms with Gasteiger partial charge >= 0.3 is 0 Å². The second kappa shape index (κ2) is 6.67. The van der Waals surface area contributed by atoms with E-state index in [0.29, 0.717) is 11.3 Å². The van der Waals surface area contributed by atoms with E-state index < -0.39 is 6.10 Å². The van der Waals surface area contributed by atoms with Crippen LogP contribution in [0.25, 0.3) is 0 Å². The summed E-state index contributed by atoms with van der Waals surface area (Å²) in [7, 11) is 1.57. The van der Waals surface area contributed by atoms with E-state index in [1.54, 1.807) is 31.4 Å². The van der Waals surface area contributed by atoms with Gasteiger partial charge in [-0.1, -0.05) is 12.1 Å². The minimum atomic E-state index is -1.14. The highest BCUT2D eigenvalue weighted by molar-refractivity contribution is 5.82. The number of likely N-dealkylation sites (tertiary alicyclic amines) is 1. The van der Waals surface area contributed by atoms with Crippen LogP contribution in [-0.2, 0) is 4.79 Å². The van der Waals surface area contributed by atoms with Crippen molar-refractivity contribution < 1.29 is 14.6 Å². The third kappa shape index (κ3) is 3.59. The molecule has 1 heterocycles. The van der Waals surface area contributed by atoms with Gasteiger partial charge in [0.2, 0.25) is 0 Å². The number of piperidine rings is 1. The molecule has 1 amide bonds. The van der Waals surface area contributed by atoms with Gasteiger partial charge in [-0.3, -0.25) is 4.79 Å². The van der Waals surface area contributed by atoms with E-state index in [4.69, 9.17) is 4.74 Å². The number of rotatable bonds is 5. The van der Waals surface area contributed by atoms with Gasteiger partial charge in [0.05, 0.1) is 7.11 Å². The minimum Gasteiger partial charge on any atom is -0.497 e. The maximum atomic E-state index is 12.2. The predicted molar refractivity (Wildman–Crippen MR) is 83.7 cm³/mol. The van der Waals surface area contributed by atoms with E-state index in [-0.39, 0.29) is 11.9 Å². The van der Waals surface area contributed by atoms with Crippen LogP contribution in [0.15, 0.2) is 24.3 Å². The summed E-state index contributed by atoms with van der Waals surface area (Å²) in [5.41, 5.74) is 0.562. The number of benzene rings is 1. The number of aliphatic hydroxyl groups is 1. The molecule has 2 fully saturated rings. The normalized spacial score (nSPS) is 21.4. The molecule has 0 radical (unpaired) electrons. The maximum Gasteiger partial charge on any atom is 0.253 e. The lowest BCUT2D eigenvalue weighted by atomic mass is 10.0. The fourth-order valence-electron chi connectivity index (χ4n) is 3.09. The summed E-state index contributed by atoms with van der Waals surface area (Å²) in [4.78, 5) is 14.7. The van der Waals surface area contributed by atoms with Crippen LogP contribution < -0.4 is 10.1 Å². The zero-order valence-electron chi connectivity index (χ0n) is 13.0. The van der Waals surface area contributed by atoms with Gasteiger partial charge in [0.15, 0.2) is 6.10 Å². The van der Waals surface area contributed by atoms with Gasteiger partial charge in [-0.15, -0.1) is 0 Å². The summed E-state index contributed by atoms with van der Waals surface area (Å²) in [5, 5.41) is 13.2. The smallest absolute Gasteiger partial charge is 0.253 e. The molecule has 5 nitrogen and oxygen atoms in total. The van der Waals surface area contributed by atoms with Gasteiger partial charge in [-0.05, 0) is 43.4 Å². The lowest BCUT2D eigenvalue weighted by molar-refractivity contribution is -0.130. The number of carbonyl (C=O) groups is 1. The molecule has 0 spiro atoms. The van der Waals surface area contributed by atoms with E-state index in [1.165, 1.54) is 12.8 Å². The van der Waals surface area contributed by atoms with Crippen molar-refractivity contribution in [2.24, 2.45) is 0 Å². The van der Waals surface area contributed by atoms with Crippen LogP contribution in [0.1, 0.15) is 37.4 Å². The van der Waals surface area contributed by atoms with Crippen molar-refractivity contribution >= 4 is 5.91 Å². The van der Waals surface area contributed by atoms with Crippen LogP contribution in [0, 0.1) is 0 Å². The first-order valence-electron chi connectivity index (χ1n) is 8.04. The first kappa shape index (κ1) is 15.3. The number of carbonyl (C=O) groups excluding carboxylic acids is 1. The topological polar surface area (TPSA) is 61.8 Å². The molecule has 2 aliphatic rings. The second-order valence-corrected chi connectivity index (χ2v) is 6.23. The van der Waals surface area contributed by atoms with Crippen LogP contribution in [0.4, 0.5) is 0 Å². The summed E-state index contributed by atoms with van der Waals surface area (Å²) in [5.74, 6) is 0.320. The molecule has 1 saturated heterocycles. The number of ether oxygens (including phenoxy) is 1. The van der Waals surface area contributed by atoms with Crippen molar-refractivity contribution in [2.75, 3.05) is 20.2 Å². The average Bonchev–Trinajstić information content (AvgIpc) is 3.40. The predicted octanol–water partition coefficient (Wildman–Crippen LogP) is 1.47. The molecule has 5 heteroatoms. The van der Waals surface area contributed by atoms with Crippen LogP contribution in [0.3, 0.4) is 0 Å². The molecule has 0 bridgehead atoms. The van der Waals surface area contributed by atoms with E-state index in [2.05, 4.69) is 10.2 Å². The lowest BCUT2D eigenvalue weighted by Gasteiger charge is -2.32. The summed E-state index contributed by atoms with van der Waals surface area (Å²) in [6.45, 7) is 2.09. The molecule has 120 valence electrons. The third-order valence-electron chi connectivity index (χ3n) is 4.60. The van der Waals surface area contributed by atoms with Crippen LogP contribution in [0.5, 0.6) is 5.75 Å². The Hall–Kier alpha value is -1.59. The molecule has 1 aromatic carbocycles. The number of aliphatic hydroxyl groups excluding tert-OH is 1. The Morgan fingerprint density at radius 3 is 2.68 bits per heavy atom. The standard InChI is InChI=1S/C17H24N2O3/c1-22-15-4-2-3-12(11-15)16(20)17(21)18-13-7-9-19(10-8-13)14-5-6-14/h2-4,11,13-14,16,20H,5-10H2,1H3,(H,18,21). The molecular weight excluding hydrogens is 280 g/mol. The molecule has 22 heavy (non-hydrogen) atoms. The molecular formula is C17H24N2O3. The highest BCUT2D eigenvalue weighted by Crippen LogP contribution is 2.29. The minimum absolute atomic E-state index is 0.169. The van der Waals surface area contributed by atoms with E-state index in [1.807, 2.05) is 0 Å². The van der Waals surface area contributed by atoms with Gasteiger partial charge in [-0.2, -0.15) is 0 Å². The van der Waals surface area contributed by atoms with Gasteiger partial charge in [0.1, 0.15) is 5.75 Å². The number of nitrogens with one attached hydrogen (secondary N) is 1. The van der Waals surface area contributed by atoms with Crippen LogP contribution in [-0.4, -0.2) is 48.2 Å². The molecule has 2 N–H and O–H groups in total. The Balaban J connectivity index is 1.52. The van der Waals surface area contributed by atoms with Crippen molar-refractivity contribution in [1.29, 1.82) is 0 Å². The van der Waals surface area contributed by atoms with E-state index in [0.717, 1.165) is 32.0 Å². The Morgan fingerprint density at radius 1 is 1.32 bits per heavy atom. The molecule has 1 aromatic rings. The van der Waals surface area contributed by atoms with Gasteiger partial charge < -0.3 is 20.1 Å². The Morgan fingerprint density at radius 2 is 2.05 bits per heavy atom. The van der Waals surface area contributed by atoms with Crippen molar-refractivity contribution in [3.8, 4) is 5.75 Å². The van der Waals surface area contributed by atoms with Crippen LogP contribution in [0.2, 0.25) is 0 Å². The van der Waals surface area contributed by atoms with Gasteiger partial charge in [-0.25, -0.2) is 0 Å². The number of hydrogen-bond donors (Lipinski definition) is 2. The molecule has 1 unspecified atom stereocenters. The molecule has 1 atom stereocenters. The fourth-order valence-corrected chi connectivity index (χ4v) is 3.09. The quantitative estimate of drug-likeness (QED) is 0.865. The summed E-state index contributed by atoms with van der Waals surface area (Å²) < 4.78 is 5.13. The molecule has 1 saturated carbocycles. The number of nitrogens with zero attached hydrogens (tertiary/aromatic N) is 1. The average molecular weight is 304 g/mol. The van der Waals surface area contributed by atoms with Crippen molar-refractivity contribution in [3.63, 3.8) is 0 Å². The van der Waals surface area contributed by atoms with E-state index >= 15 is 0 Å². The van der Waals surface area contributed by atoms with Gasteiger partial charge in [0.25, 0.3) is 5.91 Å². The summed E-state index contributed by atoms with van der Waals surface area (Å²) in [6.07, 6.45) is 3.44. The van der Waals surface area contributed by atoms with Crippen molar-refractivity contribution in [1.82, 2.24) is 10.2 Å². The monoisotopic (exact) mass is 304 g/mol. The lowest BCUT2D eigenvalue weighted by Crippen LogP contribution is -2.46. The number of methoxy groups -OCH3 is 1. The maximum absolute atomic E-state index is 12.2. The van der Waals surface area contributed by atoms with E-state index in [9.17, 15) is 9.90 Å².